The Morgan fingerprint density at radius 2 is 1.24 bits per heavy atom. The molecule has 242 valence electrons. The summed E-state index contributed by atoms with van der Waals surface area (Å²) in [6.45, 7) is 1.26. The van der Waals surface area contributed by atoms with Gasteiger partial charge in [-0.05, 0) is 54.4 Å². The van der Waals surface area contributed by atoms with Crippen LogP contribution in [-0.4, -0.2) is 53.1 Å². The van der Waals surface area contributed by atoms with Crippen molar-refractivity contribution in [3.63, 3.8) is 0 Å². The van der Waals surface area contributed by atoms with E-state index in [2.05, 4.69) is 57.7 Å². The van der Waals surface area contributed by atoms with Gasteiger partial charge in [0.05, 0.1) is 44.0 Å². The largest absolute Gasteiger partial charge is 0.396 e. The topological polar surface area (TPSA) is 182 Å². The fraction of sp³-hybridized carbons (Fsp3) is 0.171. The summed E-state index contributed by atoms with van der Waals surface area (Å²) in [7, 11) is 0. The van der Waals surface area contributed by atoms with Gasteiger partial charge in [0.25, 0.3) is 0 Å². The molecule has 7 aromatic rings. The van der Waals surface area contributed by atoms with Crippen LogP contribution in [0, 0.1) is 22.7 Å². The molecule has 49 heavy (non-hydrogen) atoms. The van der Waals surface area contributed by atoms with Crippen molar-refractivity contribution in [1.82, 2.24) is 34.9 Å². The standard InChI is InChI=1S/C19H14N6S.C16H15N5OS/c20-10-14(18-24-16-5-1-2-6-17(16)26-18)15-7-9-22-19(25-15)23-12-13-4-3-8-21-11-13;17-10-11(15-20-13-4-1-2-5-14(13)23-15)12-6-8-19-16(21-12)18-7-3-9-22/h1-9,11,14H,12H2,(H,22,23,25);1-2,4-6,8,11,22H,3,7,9H2,(H,18,19,21). The molecule has 0 aliphatic heterocycles. The summed E-state index contributed by atoms with van der Waals surface area (Å²) < 4.78 is 2.12. The zero-order valence-electron chi connectivity index (χ0n) is 26.0. The number of aliphatic hydroxyl groups excluding tert-OH is 1. The zero-order chi connectivity index (χ0) is 33.8. The van der Waals surface area contributed by atoms with Gasteiger partial charge < -0.3 is 15.7 Å². The lowest BCUT2D eigenvalue weighted by molar-refractivity contribution is 0.292. The molecule has 12 nitrogen and oxygen atoms in total. The smallest absolute Gasteiger partial charge is 0.223 e. The Kier molecular flexibility index (Phi) is 10.9. The van der Waals surface area contributed by atoms with Gasteiger partial charge >= 0.3 is 0 Å². The van der Waals surface area contributed by atoms with Gasteiger partial charge in [-0.3, -0.25) is 4.98 Å². The van der Waals surface area contributed by atoms with Crippen molar-refractivity contribution in [1.29, 1.82) is 10.5 Å². The van der Waals surface area contributed by atoms with Crippen LogP contribution in [0.25, 0.3) is 20.4 Å². The molecule has 14 heteroatoms. The molecule has 0 saturated heterocycles. The molecule has 2 aromatic carbocycles. The summed E-state index contributed by atoms with van der Waals surface area (Å²) in [5.41, 5.74) is 4.08. The number of aliphatic hydroxyl groups is 1. The number of para-hydroxylation sites is 2. The van der Waals surface area contributed by atoms with E-state index in [1.807, 2.05) is 60.7 Å². The Bertz CT molecular complexity index is 2160. The normalized spacial score (nSPS) is 11.9. The molecule has 7 rings (SSSR count). The molecule has 0 radical (unpaired) electrons. The number of fused-ring (bicyclic) bond motifs is 2. The van der Waals surface area contributed by atoms with Crippen molar-refractivity contribution in [2.75, 3.05) is 23.8 Å². The summed E-state index contributed by atoms with van der Waals surface area (Å²) in [5.74, 6) is -0.104. The van der Waals surface area contributed by atoms with Gasteiger partial charge in [-0.25, -0.2) is 29.9 Å². The predicted octanol–water partition coefficient (Wildman–Crippen LogP) is 6.28. The van der Waals surface area contributed by atoms with E-state index in [0.29, 0.717) is 42.8 Å². The second-order valence-corrected chi connectivity index (χ2v) is 12.6. The molecule has 0 saturated carbocycles. The van der Waals surface area contributed by atoms with Gasteiger partial charge in [-0.1, -0.05) is 30.3 Å². The first-order valence-electron chi connectivity index (χ1n) is 15.3. The number of pyridine rings is 1. The lowest BCUT2D eigenvalue weighted by Gasteiger charge is -2.08. The van der Waals surface area contributed by atoms with Crippen molar-refractivity contribution in [3.05, 3.63) is 125 Å². The Morgan fingerprint density at radius 1 is 0.673 bits per heavy atom. The van der Waals surface area contributed by atoms with Crippen LogP contribution in [0.1, 0.15) is 45.2 Å². The van der Waals surface area contributed by atoms with Crippen LogP contribution >= 0.6 is 22.7 Å². The van der Waals surface area contributed by atoms with Gasteiger partial charge in [-0.15, -0.1) is 22.7 Å². The Morgan fingerprint density at radius 3 is 1.76 bits per heavy atom. The van der Waals surface area contributed by atoms with E-state index in [1.54, 1.807) is 36.9 Å². The summed E-state index contributed by atoms with van der Waals surface area (Å²) >= 11 is 3.02. The summed E-state index contributed by atoms with van der Waals surface area (Å²) in [6.07, 6.45) is 7.42. The van der Waals surface area contributed by atoms with E-state index in [1.165, 1.54) is 22.7 Å². The van der Waals surface area contributed by atoms with Crippen LogP contribution in [0.3, 0.4) is 0 Å². The molecule has 5 heterocycles. The van der Waals surface area contributed by atoms with Crippen LogP contribution in [0.4, 0.5) is 11.9 Å². The van der Waals surface area contributed by atoms with E-state index in [-0.39, 0.29) is 6.61 Å². The summed E-state index contributed by atoms with van der Waals surface area (Å²) in [5, 5.41) is 35.7. The zero-order valence-corrected chi connectivity index (χ0v) is 27.6. The molecule has 0 aliphatic rings. The van der Waals surface area contributed by atoms with Crippen molar-refractivity contribution < 1.29 is 5.11 Å². The molecule has 0 spiro atoms. The Balaban J connectivity index is 0.000000171. The number of anilines is 2. The number of benzene rings is 2. The second kappa shape index (κ2) is 16.3. The fourth-order valence-corrected chi connectivity index (χ4v) is 6.77. The van der Waals surface area contributed by atoms with Crippen LogP contribution in [-0.2, 0) is 6.54 Å². The number of hydrogen-bond donors (Lipinski definition) is 3. The van der Waals surface area contributed by atoms with Gasteiger partial charge in [0.1, 0.15) is 21.9 Å². The Labute approximate surface area is 289 Å². The Hall–Kier alpha value is -5.93. The molecule has 0 amide bonds. The average molecular weight is 684 g/mol. The highest BCUT2D eigenvalue weighted by atomic mass is 32.1. The lowest BCUT2D eigenvalue weighted by Crippen LogP contribution is -2.09. The molecule has 3 N–H and O–H groups in total. The van der Waals surface area contributed by atoms with Crippen LogP contribution in [0.2, 0.25) is 0 Å². The summed E-state index contributed by atoms with van der Waals surface area (Å²) in [6, 6.07) is 27.6. The maximum absolute atomic E-state index is 9.68. The van der Waals surface area contributed by atoms with Gasteiger partial charge in [0.2, 0.25) is 11.9 Å². The predicted molar refractivity (Wildman–Crippen MR) is 190 cm³/mol. The number of hydrogen-bond acceptors (Lipinski definition) is 14. The number of rotatable bonds is 11. The van der Waals surface area contributed by atoms with Crippen LogP contribution in [0.5, 0.6) is 0 Å². The highest BCUT2D eigenvalue weighted by molar-refractivity contribution is 7.19. The van der Waals surface area contributed by atoms with Crippen LogP contribution in [0.15, 0.2) is 97.6 Å². The summed E-state index contributed by atoms with van der Waals surface area (Å²) in [4.78, 5) is 30.5. The molecule has 2 unspecified atom stereocenters. The molecular formula is C35H29N11OS2. The molecule has 0 aliphatic carbocycles. The number of nitrogens with one attached hydrogen (secondary N) is 2. The van der Waals surface area contributed by atoms with Crippen molar-refractivity contribution >= 4 is 55.0 Å². The van der Waals surface area contributed by atoms with Crippen molar-refractivity contribution in [2.24, 2.45) is 0 Å². The van der Waals surface area contributed by atoms with Gasteiger partial charge in [0, 0.05) is 44.5 Å². The molecular weight excluding hydrogens is 655 g/mol. The molecule has 5 aromatic heterocycles. The minimum Gasteiger partial charge on any atom is -0.396 e. The highest BCUT2D eigenvalue weighted by Crippen LogP contribution is 2.32. The number of thiazole rings is 2. The molecule has 2 atom stereocenters. The van der Waals surface area contributed by atoms with Crippen molar-refractivity contribution in [2.45, 2.75) is 24.8 Å². The maximum atomic E-state index is 9.68. The quantitative estimate of drug-likeness (QED) is 0.130. The average Bonchev–Trinajstić information content (AvgIpc) is 3.77. The minimum absolute atomic E-state index is 0.110. The SMILES string of the molecule is N#CC(c1ccnc(NCCCO)n1)c1nc2ccccc2s1.N#CC(c1ccnc(NCc2cccnc2)n1)c1nc2ccccc2s1. The first-order chi connectivity index (χ1) is 24.1. The van der Waals surface area contributed by atoms with E-state index in [4.69, 9.17) is 5.11 Å². The van der Waals surface area contributed by atoms with Crippen molar-refractivity contribution in [3.8, 4) is 12.1 Å². The number of aromatic nitrogens is 7. The first-order valence-corrected chi connectivity index (χ1v) is 16.9. The fourth-order valence-electron chi connectivity index (χ4n) is 4.72. The van der Waals surface area contributed by atoms with E-state index < -0.39 is 11.8 Å². The minimum atomic E-state index is -0.520. The van der Waals surface area contributed by atoms with E-state index >= 15 is 0 Å². The maximum Gasteiger partial charge on any atom is 0.223 e. The number of nitrogens with zero attached hydrogens (tertiary/aromatic N) is 9. The lowest BCUT2D eigenvalue weighted by atomic mass is 10.1. The molecule has 0 bridgehead atoms. The molecule has 0 fully saturated rings. The van der Waals surface area contributed by atoms with E-state index in [9.17, 15) is 10.5 Å². The van der Waals surface area contributed by atoms with Gasteiger partial charge in [-0.2, -0.15) is 10.5 Å². The highest BCUT2D eigenvalue weighted by Gasteiger charge is 2.21. The van der Waals surface area contributed by atoms with Gasteiger partial charge in [0.15, 0.2) is 0 Å². The third kappa shape index (κ3) is 8.33. The van der Waals surface area contributed by atoms with E-state index in [0.717, 1.165) is 36.0 Å². The number of nitriles is 2. The second-order valence-electron chi connectivity index (χ2n) is 10.5. The third-order valence-electron chi connectivity index (χ3n) is 7.11. The first kappa shape index (κ1) is 33.0. The third-order valence-corrected chi connectivity index (χ3v) is 9.31. The monoisotopic (exact) mass is 683 g/mol. The van der Waals surface area contributed by atoms with Crippen LogP contribution < -0.4 is 10.6 Å².